The molecular weight excluding hydrogens is 240 g/mol. The van der Waals surface area contributed by atoms with Crippen molar-refractivity contribution in [3.8, 4) is 0 Å². The zero-order valence-corrected chi connectivity index (χ0v) is 9.84. The minimum atomic E-state index is 0.415. The molecule has 2 atom stereocenters. The summed E-state index contributed by atoms with van der Waals surface area (Å²) >= 11 is 5.86. The van der Waals surface area contributed by atoms with Gasteiger partial charge in [0.2, 0.25) is 0 Å². The average molecular weight is 251 g/mol. The van der Waals surface area contributed by atoms with Gasteiger partial charge in [0, 0.05) is 6.54 Å². The highest BCUT2D eigenvalue weighted by atomic mass is 35.5. The molecular formula is C11H11ClN4O. The van der Waals surface area contributed by atoms with Crippen molar-refractivity contribution in [3.05, 3.63) is 17.5 Å². The van der Waals surface area contributed by atoms with Crippen LogP contribution in [0.25, 0.3) is 11.2 Å². The number of fused-ring (bicyclic) bond motifs is 2. The molecule has 0 amide bonds. The van der Waals surface area contributed by atoms with Crippen LogP contribution >= 0.6 is 11.6 Å². The summed E-state index contributed by atoms with van der Waals surface area (Å²) in [4.78, 5) is 8.48. The Morgan fingerprint density at radius 1 is 1.35 bits per heavy atom. The molecule has 3 heterocycles. The van der Waals surface area contributed by atoms with Crippen LogP contribution in [0, 0.1) is 17.8 Å². The van der Waals surface area contributed by atoms with Gasteiger partial charge in [-0.2, -0.15) is 5.10 Å². The molecule has 2 unspecified atom stereocenters. The van der Waals surface area contributed by atoms with E-state index in [2.05, 4.69) is 15.1 Å². The largest absolute Gasteiger partial charge is 0.381 e. The van der Waals surface area contributed by atoms with E-state index < -0.39 is 0 Å². The fourth-order valence-electron chi connectivity index (χ4n) is 2.79. The first-order chi connectivity index (χ1) is 8.33. The molecule has 2 aromatic heterocycles. The van der Waals surface area contributed by atoms with Crippen molar-refractivity contribution in [1.29, 1.82) is 0 Å². The number of rotatable bonds is 2. The Bertz CT molecular complexity index is 574. The molecule has 0 bridgehead atoms. The number of nitrogens with zero attached hydrogens (tertiary/aromatic N) is 4. The van der Waals surface area contributed by atoms with Crippen LogP contribution in [-0.2, 0) is 11.3 Å². The van der Waals surface area contributed by atoms with Crippen molar-refractivity contribution in [3.63, 3.8) is 0 Å². The zero-order chi connectivity index (χ0) is 11.4. The zero-order valence-electron chi connectivity index (χ0n) is 9.08. The maximum absolute atomic E-state index is 5.86. The Hall–Kier alpha value is -1.20. The van der Waals surface area contributed by atoms with Gasteiger partial charge in [0.15, 0.2) is 5.65 Å². The second kappa shape index (κ2) is 3.40. The molecule has 1 aliphatic carbocycles. The van der Waals surface area contributed by atoms with E-state index in [-0.39, 0.29) is 0 Å². The van der Waals surface area contributed by atoms with Crippen molar-refractivity contribution in [1.82, 2.24) is 19.7 Å². The molecule has 1 saturated carbocycles. The second-order valence-electron chi connectivity index (χ2n) is 4.76. The molecule has 6 heteroatoms. The number of hydrogen-bond donors (Lipinski definition) is 0. The van der Waals surface area contributed by atoms with Gasteiger partial charge in [-0.25, -0.2) is 14.6 Å². The molecule has 0 aromatic carbocycles. The van der Waals surface area contributed by atoms with E-state index in [0.717, 1.165) is 42.8 Å². The van der Waals surface area contributed by atoms with Crippen LogP contribution < -0.4 is 0 Å². The van der Waals surface area contributed by atoms with Crippen LogP contribution in [0.5, 0.6) is 0 Å². The van der Waals surface area contributed by atoms with Gasteiger partial charge in [-0.3, -0.25) is 0 Å². The lowest BCUT2D eigenvalue weighted by Gasteiger charge is -2.05. The second-order valence-corrected chi connectivity index (χ2v) is 5.14. The van der Waals surface area contributed by atoms with Crippen molar-refractivity contribution < 1.29 is 4.74 Å². The number of hydrogen-bond acceptors (Lipinski definition) is 4. The molecule has 2 aromatic rings. The Kier molecular flexibility index (Phi) is 1.96. The van der Waals surface area contributed by atoms with Gasteiger partial charge in [0.05, 0.1) is 25.6 Å². The van der Waals surface area contributed by atoms with Crippen molar-refractivity contribution in [2.24, 2.45) is 17.8 Å². The van der Waals surface area contributed by atoms with Gasteiger partial charge in [-0.15, -0.1) is 0 Å². The molecule has 4 rings (SSSR count). The summed E-state index contributed by atoms with van der Waals surface area (Å²) in [5.74, 6) is 2.13. The maximum atomic E-state index is 5.86. The van der Waals surface area contributed by atoms with Gasteiger partial charge in [0.25, 0.3) is 0 Å². The molecule has 2 aliphatic rings. The molecule has 2 fully saturated rings. The van der Waals surface area contributed by atoms with Crippen LogP contribution in [0.1, 0.15) is 0 Å². The number of halogens is 1. The highest BCUT2D eigenvalue weighted by Crippen LogP contribution is 2.51. The first-order valence-electron chi connectivity index (χ1n) is 5.75. The third-order valence-electron chi connectivity index (χ3n) is 3.83. The van der Waals surface area contributed by atoms with Crippen LogP contribution in [0.15, 0.2) is 12.4 Å². The summed E-state index contributed by atoms with van der Waals surface area (Å²) in [6.07, 6.45) is 3.29. The van der Waals surface area contributed by atoms with Crippen molar-refractivity contribution >= 4 is 22.8 Å². The standard InChI is InChI=1S/C11H11ClN4O/c12-10-2-13-9-1-14-16(11(9)15-10)3-6-7-4-17-5-8(6)7/h1-2,6-8H,3-5H2. The highest BCUT2D eigenvalue weighted by molar-refractivity contribution is 6.29. The third-order valence-corrected chi connectivity index (χ3v) is 4.01. The quantitative estimate of drug-likeness (QED) is 0.808. The monoisotopic (exact) mass is 250 g/mol. The van der Waals surface area contributed by atoms with E-state index in [1.54, 1.807) is 12.4 Å². The number of ether oxygens (including phenoxy) is 1. The summed E-state index contributed by atoms with van der Waals surface area (Å²) in [5.41, 5.74) is 1.58. The Labute approximate surface area is 103 Å². The third kappa shape index (κ3) is 1.46. The van der Waals surface area contributed by atoms with E-state index in [9.17, 15) is 0 Å². The van der Waals surface area contributed by atoms with Gasteiger partial charge in [-0.05, 0) is 17.8 Å². The minimum absolute atomic E-state index is 0.415. The predicted octanol–water partition coefficient (Wildman–Crippen LogP) is 1.37. The van der Waals surface area contributed by atoms with Crippen LogP contribution in [0.2, 0.25) is 5.15 Å². The SMILES string of the molecule is Clc1cnc2cnn(CC3C4COCC43)c2n1. The number of aromatic nitrogens is 4. The Morgan fingerprint density at radius 3 is 3.00 bits per heavy atom. The summed E-state index contributed by atoms with van der Waals surface area (Å²) in [5, 5.41) is 4.75. The normalized spacial score (nSPS) is 30.8. The molecule has 0 spiro atoms. The maximum Gasteiger partial charge on any atom is 0.178 e. The van der Waals surface area contributed by atoms with Crippen molar-refractivity contribution in [2.45, 2.75) is 6.54 Å². The Balaban J connectivity index is 1.65. The fraction of sp³-hybridized carbons (Fsp3) is 0.545. The molecule has 0 N–H and O–H groups in total. The lowest BCUT2D eigenvalue weighted by atomic mass is 10.3. The van der Waals surface area contributed by atoms with E-state index in [1.807, 2.05) is 4.68 Å². The molecule has 0 radical (unpaired) electrons. The van der Waals surface area contributed by atoms with Gasteiger partial charge in [-0.1, -0.05) is 11.6 Å². The summed E-state index contributed by atoms with van der Waals surface area (Å²) in [6, 6.07) is 0. The van der Waals surface area contributed by atoms with E-state index >= 15 is 0 Å². The lowest BCUT2D eigenvalue weighted by Crippen LogP contribution is -2.08. The van der Waals surface area contributed by atoms with E-state index in [1.165, 1.54) is 0 Å². The summed E-state index contributed by atoms with van der Waals surface area (Å²) in [6.45, 7) is 2.71. The summed E-state index contributed by atoms with van der Waals surface area (Å²) < 4.78 is 7.30. The van der Waals surface area contributed by atoms with Crippen molar-refractivity contribution in [2.75, 3.05) is 13.2 Å². The molecule has 5 nitrogen and oxygen atoms in total. The van der Waals surface area contributed by atoms with Gasteiger partial charge < -0.3 is 4.74 Å². The first kappa shape index (κ1) is 9.79. The van der Waals surface area contributed by atoms with Crippen LogP contribution in [-0.4, -0.2) is 33.0 Å². The summed E-state index contributed by atoms with van der Waals surface area (Å²) in [7, 11) is 0. The van der Waals surface area contributed by atoms with Gasteiger partial charge in [0.1, 0.15) is 10.7 Å². The minimum Gasteiger partial charge on any atom is -0.381 e. The van der Waals surface area contributed by atoms with Crippen LogP contribution in [0.3, 0.4) is 0 Å². The van der Waals surface area contributed by atoms with Crippen LogP contribution in [0.4, 0.5) is 0 Å². The average Bonchev–Trinajstić information content (AvgIpc) is 2.71. The topological polar surface area (TPSA) is 52.8 Å². The van der Waals surface area contributed by atoms with Gasteiger partial charge >= 0.3 is 0 Å². The predicted molar refractivity (Wildman–Crippen MR) is 61.6 cm³/mol. The smallest absolute Gasteiger partial charge is 0.178 e. The molecule has 17 heavy (non-hydrogen) atoms. The first-order valence-corrected chi connectivity index (χ1v) is 6.12. The molecule has 88 valence electrons. The van der Waals surface area contributed by atoms with E-state index in [0.29, 0.717) is 11.1 Å². The van der Waals surface area contributed by atoms with E-state index in [4.69, 9.17) is 16.3 Å². The Morgan fingerprint density at radius 2 is 2.18 bits per heavy atom. The lowest BCUT2D eigenvalue weighted by molar-refractivity contribution is 0.147. The molecule has 1 aliphatic heterocycles. The molecule has 1 saturated heterocycles. The fourth-order valence-corrected chi connectivity index (χ4v) is 2.92. The highest BCUT2D eigenvalue weighted by Gasteiger charge is 2.53.